The largest absolute Gasteiger partial charge is 0.394 e. The Morgan fingerprint density at radius 1 is 1.10 bits per heavy atom. The molecule has 0 spiro atoms. The van der Waals surface area contributed by atoms with E-state index in [1.165, 1.54) is 0 Å². The average molecular weight is 291 g/mol. The van der Waals surface area contributed by atoms with Gasteiger partial charge in [0.15, 0.2) is 0 Å². The molecule has 0 aliphatic heterocycles. The van der Waals surface area contributed by atoms with Crippen LogP contribution in [-0.2, 0) is 6.42 Å². The molecule has 1 amide bonds. The Bertz CT molecular complexity index is 597. The zero-order valence-electron chi connectivity index (χ0n) is 11.2. The minimum atomic E-state index is -0.816. The van der Waals surface area contributed by atoms with Crippen LogP contribution in [0, 0.1) is 11.6 Å². The van der Waals surface area contributed by atoms with Crippen molar-refractivity contribution in [3.05, 3.63) is 71.3 Å². The summed E-state index contributed by atoms with van der Waals surface area (Å²) in [5.41, 5.74) is 0.835. The molecule has 0 aliphatic carbocycles. The molecule has 0 saturated heterocycles. The van der Waals surface area contributed by atoms with Crippen molar-refractivity contribution in [2.45, 2.75) is 12.5 Å². The summed E-state index contributed by atoms with van der Waals surface area (Å²) in [6, 6.07) is 11.4. The molecule has 0 saturated carbocycles. The zero-order chi connectivity index (χ0) is 15.2. The summed E-state index contributed by atoms with van der Waals surface area (Å²) in [6.45, 7) is -0.265. The molecule has 2 aromatic rings. The predicted octanol–water partition coefficient (Wildman–Crippen LogP) is 2.30. The van der Waals surface area contributed by atoms with E-state index < -0.39 is 23.6 Å². The van der Waals surface area contributed by atoms with E-state index in [0.29, 0.717) is 12.5 Å². The van der Waals surface area contributed by atoms with E-state index in [-0.39, 0.29) is 12.2 Å². The molecular formula is C16H15F2NO2. The topological polar surface area (TPSA) is 49.3 Å². The number of hydrogen-bond donors (Lipinski definition) is 2. The zero-order valence-corrected chi connectivity index (χ0v) is 11.2. The maximum atomic E-state index is 13.1. The molecule has 21 heavy (non-hydrogen) atoms. The van der Waals surface area contributed by atoms with Crippen molar-refractivity contribution in [3.8, 4) is 0 Å². The standard InChI is InChI=1S/C16H15F2NO2/c17-13-7-12(8-14(18)9-13)16(21)19-15(10-20)6-11-4-2-1-3-5-11/h1-5,7-9,15,20H,6,10H2,(H,19,21)/t15-/m1/s1. The monoisotopic (exact) mass is 291 g/mol. The number of aliphatic hydroxyl groups excluding tert-OH is 1. The fourth-order valence-electron chi connectivity index (χ4n) is 2.01. The van der Waals surface area contributed by atoms with Crippen molar-refractivity contribution in [1.29, 1.82) is 0 Å². The Balaban J connectivity index is 2.05. The van der Waals surface area contributed by atoms with Gasteiger partial charge in [0.25, 0.3) is 5.91 Å². The van der Waals surface area contributed by atoms with Crippen LogP contribution >= 0.6 is 0 Å². The second-order valence-electron chi connectivity index (χ2n) is 4.70. The van der Waals surface area contributed by atoms with Gasteiger partial charge >= 0.3 is 0 Å². The lowest BCUT2D eigenvalue weighted by atomic mass is 10.1. The number of carbonyl (C=O) groups is 1. The van der Waals surface area contributed by atoms with E-state index in [0.717, 1.165) is 17.7 Å². The van der Waals surface area contributed by atoms with Crippen molar-refractivity contribution in [1.82, 2.24) is 5.32 Å². The van der Waals surface area contributed by atoms with Crippen LogP contribution in [0.2, 0.25) is 0 Å². The second-order valence-corrected chi connectivity index (χ2v) is 4.70. The molecule has 2 rings (SSSR count). The first-order chi connectivity index (χ1) is 10.1. The third-order valence-corrected chi connectivity index (χ3v) is 3.01. The Morgan fingerprint density at radius 2 is 1.71 bits per heavy atom. The number of hydrogen-bond acceptors (Lipinski definition) is 2. The summed E-state index contributed by atoms with van der Waals surface area (Å²) in [5.74, 6) is -2.25. The normalized spacial score (nSPS) is 12.0. The van der Waals surface area contributed by atoms with Gasteiger partial charge in [-0.15, -0.1) is 0 Å². The number of carbonyl (C=O) groups excluding carboxylic acids is 1. The fourth-order valence-corrected chi connectivity index (χ4v) is 2.01. The van der Waals surface area contributed by atoms with Gasteiger partial charge in [-0.3, -0.25) is 4.79 Å². The van der Waals surface area contributed by atoms with E-state index in [4.69, 9.17) is 0 Å². The molecule has 0 heterocycles. The molecule has 0 unspecified atom stereocenters. The molecule has 0 fully saturated rings. The second kappa shape index (κ2) is 6.95. The van der Waals surface area contributed by atoms with Crippen molar-refractivity contribution >= 4 is 5.91 Å². The van der Waals surface area contributed by atoms with Gasteiger partial charge in [-0.1, -0.05) is 30.3 Å². The highest BCUT2D eigenvalue weighted by Gasteiger charge is 2.15. The fraction of sp³-hybridized carbons (Fsp3) is 0.188. The van der Waals surface area contributed by atoms with E-state index in [1.54, 1.807) is 0 Å². The van der Waals surface area contributed by atoms with Gasteiger partial charge < -0.3 is 10.4 Å². The third kappa shape index (κ3) is 4.36. The maximum Gasteiger partial charge on any atom is 0.251 e. The van der Waals surface area contributed by atoms with Crippen molar-refractivity contribution < 1.29 is 18.7 Å². The molecule has 0 aromatic heterocycles. The van der Waals surface area contributed by atoms with Crippen molar-refractivity contribution in [2.24, 2.45) is 0 Å². The molecule has 5 heteroatoms. The highest BCUT2D eigenvalue weighted by Crippen LogP contribution is 2.09. The minimum absolute atomic E-state index is 0.112. The SMILES string of the molecule is O=C(N[C@@H](CO)Cc1ccccc1)c1cc(F)cc(F)c1. The lowest BCUT2D eigenvalue weighted by Gasteiger charge is -2.16. The Hall–Kier alpha value is -2.27. The van der Waals surface area contributed by atoms with Gasteiger partial charge in [-0.25, -0.2) is 8.78 Å². The molecule has 3 nitrogen and oxygen atoms in total. The maximum absolute atomic E-state index is 13.1. The first-order valence-electron chi connectivity index (χ1n) is 6.50. The molecule has 0 radical (unpaired) electrons. The minimum Gasteiger partial charge on any atom is -0.394 e. The summed E-state index contributed by atoms with van der Waals surface area (Å²) >= 11 is 0. The van der Waals surface area contributed by atoms with Gasteiger partial charge in [0.05, 0.1) is 12.6 Å². The Labute approximate surface area is 121 Å². The van der Waals surface area contributed by atoms with Gasteiger partial charge in [0.2, 0.25) is 0 Å². The van der Waals surface area contributed by atoms with Crippen LogP contribution in [-0.4, -0.2) is 23.7 Å². The highest BCUT2D eigenvalue weighted by molar-refractivity contribution is 5.94. The van der Waals surface area contributed by atoms with Gasteiger partial charge in [-0.2, -0.15) is 0 Å². The molecule has 1 atom stereocenters. The van der Waals surface area contributed by atoms with Crippen molar-refractivity contribution in [2.75, 3.05) is 6.61 Å². The summed E-state index contributed by atoms with van der Waals surface area (Å²) in [6.07, 6.45) is 0.431. The predicted molar refractivity (Wildman–Crippen MR) is 74.8 cm³/mol. The van der Waals surface area contributed by atoms with Crippen LogP contribution in [0.3, 0.4) is 0 Å². The van der Waals surface area contributed by atoms with Crippen molar-refractivity contribution in [3.63, 3.8) is 0 Å². The average Bonchev–Trinajstić information content (AvgIpc) is 2.46. The van der Waals surface area contributed by atoms with Crippen LogP contribution in [0.5, 0.6) is 0 Å². The first-order valence-corrected chi connectivity index (χ1v) is 6.50. The van der Waals surface area contributed by atoms with Gasteiger partial charge in [0.1, 0.15) is 11.6 Å². The van der Waals surface area contributed by atoms with Crippen LogP contribution in [0.1, 0.15) is 15.9 Å². The quantitative estimate of drug-likeness (QED) is 0.888. The molecule has 2 aromatic carbocycles. The van der Waals surface area contributed by atoms with E-state index in [2.05, 4.69) is 5.32 Å². The lowest BCUT2D eigenvalue weighted by molar-refractivity contribution is 0.0915. The van der Waals surface area contributed by atoms with Gasteiger partial charge in [0, 0.05) is 11.6 Å². The molecule has 110 valence electrons. The van der Waals surface area contributed by atoms with Crippen LogP contribution < -0.4 is 5.32 Å². The first kappa shape index (κ1) is 15.1. The number of benzene rings is 2. The number of aliphatic hydroxyl groups is 1. The van der Waals surface area contributed by atoms with E-state index in [9.17, 15) is 18.7 Å². The molecule has 2 N–H and O–H groups in total. The number of amides is 1. The molecule has 0 bridgehead atoms. The third-order valence-electron chi connectivity index (χ3n) is 3.01. The van der Waals surface area contributed by atoms with Crippen LogP contribution in [0.4, 0.5) is 8.78 Å². The molecular weight excluding hydrogens is 276 g/mol. The summed E-state index contributed by atoms with van der Waals surface area (Å²) in [5, 5.41) is 11.9. The summed E-state index contributed by atoms with van der Waals surface area (Å²) in [4.78, 5) is 12.0. The smallest absolute Gasteiger partial charge is 0.251 e. The number of halogens is 2. The van der Waals surface area contributed by atoms with Crippen LogP contribution in [0.25, 0.3) is 0 Å². The molecule has 0 aliphatic rings. The number of rotatable bonds is 5. The van der Waals surface area contributed by atoms with Gasteiger partial charge in [-0.05, 0) is 24.1 Å². The van der Waals surface area contributed by atoms with E-state index in [1.807, 2.05) is 30.3 Å². The number of nitrogens with one attached hydrogen (secondary N) is 1. The Kier molecular flexibility index (Phi) is 5.00. The Morgan fingerprint density at radius 3 is 2.29 bits per heavy atom. The van der Waals surface area contributed by atoms with Crippen LogP contribution in [0.15, 0.2) is 48.5 Å². The lowest BCUT2D eigenvalue weighted by Crippen LogP contribution is -2.39. The summed E-state index contributed by atoms with van der Waals surface area (Å²) in [7, 11) is 0. The summed E-state index contributed by atoms with van der Waals surface area (Å²) < 4.78 is 26.2. The van der Waals surface area contributed by atoms with E-state index >= 15 is 0 Å². The highest BCUT2D eigenvalue weighted by atomic mass is 19.1.